The van der Waals surface area contributed by atoms with Crippen LogP contribution in [-0.4, -0.2) is 46.7 Å². The van der Waals surface area contributed by atoms with E-state index < -0.39 is 0 Å². The lowest BCUT2D eigenvalue weighted by atomic mass is 9.90. The lowest BCUT2D eigenvalue weighted by molar-refractivity contribution is -0.130. The Morgan fingerprint density at radius 3 is 3.13 bits per heavy atom. The second-order valence-corrected chi connectivity index (χ2v) is 7.32. The minimum absolute atomic E-state index is 0.149. The van der Waals surface area contributed by atoms with Crippen LogP contribution in [0.25, 0.3) is 0 Å². The van der Waals surface area contributed by atoms with Crippen LogP contribution in [0, 0.1) is 18.8 Å². The molecule has 2 aromatic heterocycles. The van der Waals surface area contributed by atoms with Crippen LogP contribution in [0.1, 0.15) is 16.6 Å². The number of fused-ring (bicyclic) bond motifs is 1. The molecule has 2 saturated heterocycles. The van der Waals surface area contributed by atoms with E-state index in [1.165, 1.54) is 0 Å². The van der Waals surface area contributed by atoms with Crippen molar-refractivity contribution in [2.45, 2.75) is 25.9 Å². The lowest BCUT2D eigenvalue weighted by Gasteiger charge is -2.19. The summed E-state index contributed by atoms with van der Waals surface area (Å²) >= 11 is 1.63. The molecule has 0 N–H and O–H groups in total. The maximum Gasteiger partial charge on any atom is 0.227 e. The first-order valence-electron chi connectivity index (χ1n) is 7.90. The number of ether oxygens (including phenoxy) is 1. The van der Waals surface area contributed by atoms with Crippen LogP contribution in [0.2, 0.25) is 0 Å². The van der Waals surface area contributed by atoms with Crippen molar-refractivity contribution in [2.24, 2.45) is 11.8 Å². The SMILES string of the molecule is Cc1noc(C[C@H]2CO[C@@H]3CN(C(=O)Cc4cccs4)C[C@H]23)n1. The van der Waals surface area contributed by atoms with Crippen LogP contribution in [0.5, 0.6) is 0 Å². The smallest absolute Gasteiger partial charge is 0.227 e. The van der Waals surface area contributed by atoms with Gasteiger partial charge >= 0.3 is 0 Å². The molecule has 23 heavy (non-hydrogen) atoms. The molecule has 0 aromatic carbocycles. The largest absolute Gasteiger partial charge is 0.376 e. The molecule has 4 rings (SSSR count). The minimum atomic E-state index is 0.149. The van der Waals surface area contributed by atoms with Crippen LogP contribution in [-0.2, 0) is 22.4 Å². The predicted molar refractivity (Wildman–Crippen MR) is 84.1 cm³/mol. The molecule has 0 aliphatic carbocycles. The van der Waals surface area contributed by atoms with Gasteiger partial charge in [-0.1, -0.05) is 11.2 Å². The first-order chi connectivity index (χ1) is 11.2. The molecule has 2 aromatic rings. The van der Waals surface area contributed by atoms with E-state index in [-0.39, 0.29) is 12.0 Å². The molecular weight excluding hydrogens is 314 g/mol. The molecule has 0 unspecified atom stereocenters. The number of thiophene rings is 1. The topological polar surface area (TPSA) is 68.5 Å². The number of rotatable bonds is 4. The number of likely N-dealkylation sites (tertiary alicyclic amines) is 1. The van der Waals surface area contributed by atoms with Gasteiger partial charge < -0.3 is 14.2 Å². The molecule has 0 spiro atoms. The zero-order valence-corrected chi connectivity index (χ0v) is 13.8. The third kappa shape index (κ3) is 3.03. The van der Waals surface area contributed by atoms with Gasteiger partial charge in [-0.2, -0.15) is 4.98 Å². The predicted octanol–water partition coefficient (Wildman–Crippen LogP) is 1.70. The van der Waals surface area contributed by atoms with Gasteiger partial charge in [-0.3, -0.25) is 4.79 Å². The van der Waals surface area contributed by atoms with Crippen LogP contribution in [0.3, 0.4) is 0 Å². The van der Waals surface area contributed by atoms with E-state index in [1.807, 2.05) is 29.3 Å². The average molecular weight is 333 g/mol. The van der Waals surface area contributed by atoms with E-state index in [9.17, 15) is 4.79 Å². The Bertz CT molecular complexity index is 685. The highest BCUT2D eigenvalue weighted by Gasteiger charge is 2.45. The number of hydrogen-bond donors (Lipinski definition) is 0. The van der Waals surface area contributed by atoms with Gasteiger partial charge in [-0.05, 0) is 24.3 Å². The molecule has 1 amide bonds. The Morgan fingerprint density at radius 1 is 1.48 bits per heavy atom. The summed E-state index contributed by atoms with van der Waals surface area (Å²) in [6.07, 6.45) is 1.37. The number of carbonyl (C=O) groups is 1. The van der Waals surface area contributed by atoms with Crippen LogP contribution in [0.15, 0.2) is 22.0 Å². The highest BCUT2D eigenvalue weighted by molar-refractivity contribution is 7.10. The third-order valence-electron chi connectivity index (χ3n) is 4.70. The van der Waals surface area contributed by atoms with Crippen molar-refractivity contribution >= 4 is 17.2 Å². The highest BCUT2D eigenvalue weighted by atomic mass is 32.1. The van der Waals surface area contributed by atoms with Crippen molar-refractivity contribution < 1.29 is 14.1 Å². The normalized spacial score (nSPS) is 26.7. The van der Waals surface area contributed by atoms with Crippen LogP contribution < -0.4 is 0 Å². The lowest BCUT2D eigenvalue weighted by Crippen LogP contribution is -2.32. The standard InChI is InChI=1S/C16H19N3O3S/c1-10-17-15(22-18-10)5-11-9-21-14-8-19(7-13(11)14)16(20)6-12-3-2-4-23-12/h2-4,11,13-14H,5-9H2,1H3/t11-,13+,14+/m0/s1. The van der Waals surface area contributed by atoms with Crippen molar-refractivity contribution in [3.8, 4) is 0 Å². The Hall–Kier alpha value is -1.73. The molecule has 2 fully saturated rings. The van der Waals surface area contributed by atoms with E-state index in [1.54, 1.807) is 11.3 Å². The van der Waals surface area contributed by atoms with Crippen molar-refractivity contribution in [1.29, 1.82) is 0 Å². The quantitative estimate of drug-likeness (QED) is 0.852. The van der Waals surface area contributed by atoms with Gasteiger partial charge in [0.15, 0.2) is 5.82 Å². The monoisotopic (exact) mass is 333 g/mol. The summed E-state index contributed by atoms with van der Waals surface area (Å²) in [5, 5.41) is 5.85. The fourth-order valence-corrected chi connectivity index (χ4v) is 4.23. The first kappa shape index (κ1) is 14.8. The van der Waals surface area contributed by atoms with E-state index in [4.69, 9.17) is 9.26 Å². The zero-order valence-electron chi connectivity index (χ0n) is 13.0. The summed E-state index contributed by atoms with van der Waals surface area (Å²) in [4.78, 5) is 19.8. The van der Waals surface area contributed by atoms with Gasteiger partial charge in [-0.25, -0.2) is 0 Å². The molecule has 0 saturated carbocycles. The van der Waals surface area contributed by atoms with Crippen LogP contribution >= 0.6 is 11.3 Å². The average Bonchev–Trinajstić information content (AvgIpc) is 3.26. The summed E-state index contributed by atoms with van der Waals surface area (Å²) in [5.74, 6) is 2.24. The third-order valence-corrected chi connectivity index (χ3v) is 5.58. The summed E-state index contributed by atoms with van der Waals surface area (Å²) < 4.78 is 11.1. The molecule has 7 heteroatoms. The molecule has 2 aliphatic heterocycles. The second-order valence-electron chi connectivity index (χ2n) is 6.29. The molecule has 3 atom stereocenters. The van der Waals surface area contributed by atoms with Gasteiger partial charge in [0.25, 0.3) is 0 Å². The molecular formula is C16H19N3O3S. The summed E-state index contributed by atoms with van der Waals surface area (Å²) in [6.45, 7) is 4.01. The van der Waals surface area contributed by atoms with Gasteiger partial charge in [-0.15, -0.1) is 11.3 Å². The maximum absolute atomic E-state index is 12.4. The number of hydrogen-bond acceptors (Lipinski definition) is 6. The van der Waals surface area contributed by atoms with Gasteiger partial charge in [0.05, 0.1) is 19.1 Å². The Balaban J connectivity index is 1.38. The number of carbonyl (C=O) groups excluding carboxylic acids is 1. The number of aryl methyl sites for hydroxylation is 1. The maximum atomic E-state index is 12.4. The van der Waals surface area contributed by atoms with Crippen LogP contribution in [0.4, 0.5) is 0 Å². The van der Waals surface area contributed by atoms with Crippen molar-refractivity contribution in [3.63, 3.8) is 0 Å². The molecule has 6 nitrogen and oxygen atoms in total. The molecule has 0 bridgehead atoms. The minimum Gasteiger partial charge on any atom is -0.376 e. The summed E-state index contributed by atoms with van der Waals surface area (Å²) in [5.41, 5.74) is 0. The fraction of sp³-hybridized carbons (Fsp3) is 0.562. The van der Waals surface area contributed by atoms with Crippen molar-refractivity contribution in [1.82, 2.24) is 15.0 Å². The molecule has 2 aliphatic rings. The Morgan fingerprint density at radius 2 is 2.39 bits per heavy atom. The second kappa shape index (κ2) is 6.05. The highest BCUT2D eigenvalue weighted by Crippen LogP contribution is 2.35. The van der Waals surface area contributed by atoms with E-state index >= 15 is 0 Å². The number of aromatic nitrogens is 2. The van der Waals surface area contributed by atoms with E-state index in [2.05, 4.69) is 10.1 Å². The molecule has 122 valence electrons. The molecule has 0 radical (unpaired) electrons. The fourth-order valence-electron chi connectivity index (χ4n) is 3.53. The zero-order chi connectivity index (χ0) is 15.8. The van der Waals surface area contributed by atoms with Crippen molar-refractivity contribution in [3.05, 3.63) is 34.1 Å². The summed E-state index contributed by atoms with van der Waals surface area (Å²) in [6, 6.07) is 3.99. The van der Waals surface area contributed by atoms with Gasteiger partial charge in [0, 0.05) is 30.3 Å². The van der Waals surface area contributed by atoms with E-state index in [0.29, 0.717) is 43.1 Å². The van der Waals surface area contributed by atoms with Gasteiger partial charge in [0.2, 0.25) is 11.8 Å². The Kier molecular flexibility index (Phi) is 3.90. The Labute approximate surface area is 138 Å². The molecule has 4 heterocycles. The number of amides is 1. The first-order valence-corrected chi connectivity index (χ1v) is 8.78. The van der Waals surface area contributed by atoms with Crippen molar-refractivity contribution in [2.75, 3.05) is 19.7 Å². The number of nitrogens with zero attached hydrogens (tertiary/aromatic N) is 3. The van der Waals surface area contributed by atoms with Gasteiger partial charge in [0.1, 0.15) is 0 Å². The summed E-state index contributed by atoms with van der Waals surface area (Å²) in [7, 11) is 0. The van der Waals surface area contributed by atoms with E-state index in [0.717, 1.165) is 17.8 Å².